The first kappa shape index (κ1) is 11.9. The first-order valence-electron chi connectivity index (χ1n) is 5.14. The normalized spacial score (nSPS) is 20.8. The quantitative estimate of drug-likeness (QED) is 0.556. The summed E-state index contributed by atoms with van der Waals surface area (Å²) in [6.45, 7) is 3.96. The van der Waals surface area contributed by atoms with Crippen molar-refractivity contribution in [2.75, 3.05) is 37.0 Å². The zero-order chi connectivity index (χ0) is 9.52. The minimum absolute atomic E-state index is 0.941. The molecule has 0 unspecified atom stereocenters. The molecule has 3 heteroatoms. The fourth-order valence-electron chi connectivity index (χ4n) is 1.80. The predicted octanol–water partition coefficient (Wildman–Crippen LogP) is 2.85. The number of nitrogens with zero attached hydrogens (tertiary/aromatic N) is 1. The number of likely N-dealkylation sites (tertiary alicyclic amines) is 1. The topological polar surface area (TPSA) is 3.24 Å². The molecule has 0 N–H and O–H groups in total. The molecule has 1 heterocycles. The molecule has 0 spiro atoms. The number of rotatable bonds is 5. The first-order valence-corrected chi connectivity index (χ1v) is 7.65. The molecular formula is C10H20BrNS. The second-order valence-corrected chi connectivity index (χ2v) is 5.42. The molecule has 0 aromatic heterocycles. The molecule has 0 amide bonds. The van der Waals surface area contributed by atoms with Gasteiger partial charge < -0.3 is 4.90 Å². The van der Waals surface area contributed by atoms with Gasteiger partial charge in [-0.3, -0.25) is 0 Å². The van der Waals surface area contributed by atoms with Crippen molar-refractivity contribution in [3.05, 3.63) is 0 Å². The van der Waals surface area contributed by atoms with Crippen LogP contribution in [0.1, 0.15) is 19.3 Å². The summed E-state index contributed by atoms with van der Waals surface area (Å²) in [6.07, 6.45) is 6.34. The molecule has 0 aromatic carbocycles. The molecule has 13 heavy (non-hydrogen) atoms. The van der Waals surface area contributed by atoms with Gasteiger partial charge in [-0.05, 0) is 56.8 Å². The highest BCUT2D eigenvalue weighted by atomic mass is 79.9. The van der Waals surface area contributed by atoms with Gasteiger partial charge >= 0.3 is 0 Å². The Kier molecular flexibility index (Phi) is 6.51. The van der Waals surface area contributed by atoms with Crippen molar-refractivity contribution in [3.8, 4) is 0 Å². The van der Waals surface area contributed by atoms with Gasteiger partial charge in [0.2, 0.25) is 0 Å². The molecule has 1 rings (SSSR count). The van der Waals surface area contributed by atoms with Gasteiger partial charge in [-0.15, -0.1) is 0 Å². The second-order valence-electron chi connectivity index (χ2n) is 3.79. The molecule has 0 aliphatic carbocycles. The highest BCUT2D eigenvalue weighted by molar-refractivity contribution is 9.09. The standard InChI is InChI=1S/C10H20BrNS/c1-13-8-2-5-12-6-3-10(9-11)4-7-12/h10H,2-9H2,1H3. The van der Waals surface area contributed by atoms with Gasteiger partial charge in [-0.2, -0.15) is 11.8 Å². The Bertz CT molecular complexity index is 121. The van der Waals surface area contributed by atoms with Crippen molar-refractivity contribution in [2.24, 2.45) is 5.92 Å². The monoisotopic (exact) mass is 265 g/mol. The van der Waals surface area contributed by atoms with E-state index in [1.807, 2.05) is 11.8 Å². The summed E-state index contributed by atoms with van der Waals surface area (Å²) in [5.41, 5.74) is 0. The second kappa shape index (κ2) is 7.13. The lowest BCUT2D eigenvalue weighted by atomic mass is 9.99. The Morgan fingerprint density at radius 2 is 2.08 bits per heavy atom. The Labute approximate surface area is 94.8 Å². The van der Waals surface area contributed by atoms with Crippen molar-refractivity contribution in [2.45, 2.75) is 19.3 Å². The highest BCUT2D eigenvalue weighted by Crippen LogP contribution is 2.19. The van der Waals surface area contributed by atoms with Crippen LogP contribution in [0.15, 0.2) is 0 Å². The molecule has 1 aliphatic rings. The molecule has 0 bridgehead atoms. The van der Waals surface area contributed by atoms with E-state index in [2.05, 4.69) is 27.1 Å². The smallest absolute Gasteiger partial charge is 0.00606 e. The average Bonchev–Trinajstić information content (AvgIpc) is 2.19. The largest absolute Gasteiger partial charge is 0.303 e. The maximum atomic E-state index is 3.57. The minimum Gasteiger partial charge on any atom is -0.303 e. The lowest BCUT2D eigenvalue weighted by Crippen LogP contribution is -2.35. The van der Waals surface area contributed by atoms with Gasteiger partial charge in [0.15, 0.2) is 0 Å². The SMILES string of the molecule is CSCCCN1CCC(CBr)CC1. The van der Waals surface area contributed by atoms with Crippen LogP contribution in [0, 0.1) is 5.92 Å². The molecule has 0 atom stereocenters. The summed E-state index contributed by atoms with van der Waals surface area (Å²) in [4.78, 5) is 2.62. The first-order chi connectivity index (χ1) is 6.36. The van der Waals surface area contributed by atoms with Crippen molar-refractivity contribution in [1.29, 1.82) is 0 Å². The van der Waals surface area contributed by atoms with Crippen molar-refractivity contribution in [3.63, 3.8) is 0 Å². The van der Waals surface area contributed by atoms with Gasteiger partial charge in [-0.25, -0.2) is 0 Å². The summed E-state index contributed by atoms with van der Waals surface area (Å²) in [5, 5.41) is 1.20. The number of alkyl halides is 1. The number of thioether (sulfide) groups is 1. The van der Waals surface area contributed by atoms with Crippen LogP contribution in [0.2, 0.25) is 0 Å². The summed E-state index contributed by atoms with van der Waals surface area (Å²) in [7, 11) is 0. The van der Waals surface area contributed by atoms with E-state index < -0.39 is 0 Å². The van der Waals surface area contributed by atoms with Crippen LogP contribution in [0.3, 0.4) is 0 Å². The maximum Gasteiger partial charge on any atom is 0.00606 e. The molecule has 0 aromatic rings. The fraction of sp³-hybridized carbons (Fsp3) is 1.00. The van der Waals surface area contributed by atoms with Crippen LogP contribution in [0.4, 0.5) is 0 Å². The van der Waals surface area contributed by atoms with Crippen molar-refractivity contribution < 1.29 is 0 Å². The van der Waals surface area contributed by atoms with Crippen LogP contribution in [-0.2, 0) is 0 Å². The van der Waals surface area contributed by atoms with Gasteiger partial charge in [0.1, 0.15) is 0 Å². The zero-order valence-electron chi connectivity index (χ0n) is 8.47. The van der Waals surface area contributed by atoms with Crippen LogP contribution in [-0.4, -0.2) is 41.9 Å². The Morgan fingerprint density at radius 1 is 1.38 bits per heavy atom. The summed E-state index contributed by atoms with van der Waals surface area (Å²) in [6, 6.07) is 0. The molecule has 1 saturated heterocycles. The Morgan fingerprint density at radius 3 is 2.62 bits per heavy atom. The molecule has 0 radical (unpaired) electrons. The van der Waals surface area contributed by atoms with E-state index in [0.29, 0.717) is 0 Å². The number of piperidine rings is 1. The maximum absolute atomic E-state index is 3.57. The van der Waals surface area contributed by atoms with Gasteiger partial charge in [0.25, 0.3) is 0 Å². The molecule has 1 aliphatic heterocycles. The van der Waals surface area contributed by atoms with Crippen LogP contribution in [0.5, 0.6) is 0 Å². The van der Waals surface area contributed by atoms with Gasteiger partial charge in [-0.1, -0.05) is 15.9 Å². The summed E-state index contributed by atoms with van der Waals surface area (Å²) < 4.78 is 0. The van der Waals surface area contributed by atoms with E-state index in [9.17, 15) is 0 Å². The van der Waals surface area contributed by atoms with Crippen LogP contribution >= 0.6 is 27.7 Å². The summed E-state index contributed by atoms with van der Waals surface area (Å²) in [5.74, 6) is 2.26. The highest BCUT2D eigenvalue weighted by Gasteiger charge is 2.17. The van der Waals surface area contributed by atoms with E-state index in [4.69, 9.17) is 0 Å². The Balaban J connectivity index is 2.03. The third-order valence-electron chi connectivity index (χ3n) is 2.75. The van der Waals surface area contributed by atoms with E-state index in [1.54, 1.807) is 0 Å². The average molecular weight is 266 g/mol. The zero-order valence-corrected chi connectivity index (χ0v) is 10.9. The summed E-state index contributed by atoms with van der Waals surface area (Å²) >= 11 is 5.53. The van der Waals surface area contributed by atoms with Crippen LogP contribution in [0.25, 0.3) is 0 Å². The predicted molar refractivity (Wildman–Crippen MR) is 66.0 cm³/mol. The van der Waals surface area contributed by atoms with E-state index >= 15 is 0 Å². The molecule has 1 fully saturated rings. The van der Waals surface area contributed by atoms with Crippen LogP contribution < -0.4 is 0 Å². The fourth-order valence-corrected chi connectivity index (χ4v) is 2.86. The molecule has 1 nitrogen and oxygen atoms in total. The van der Waals surface area contributed by atoms with Crippen molar-refractivity contribution >= 4 is 27.7 Å². The molecule has 78 valence electrons. The van der Waals surface area contributed by atoms with Gasteiger partial charge in [0, 0.05) is 5.33 Å². The number of halogens is 1. The molecule has 0 saturated carbocycles. The van der Waals surface area contributed by atoms with E-state index in [1.165, 1.54) is 50.0 Å². The molecular weight excluding hydrogens is 246 g/mol. The third kappa shape index (κ3) is 4.71. The number of hydrogen-bond donors (Lipinski definition) is 0. The van der Waals surface area contributed by atoms with Gasteiger partial charge in [0.05, 0.1) is 0 Å². The van der Waals surface area contributed by atoms with Crippen molar-refractivity contribution in [1.82, 2.24) is 4.90 Å². The lowest BCUT2D eigenvalue weighted by Gasteiger charge is -2.30. The van der Waals surface area contributed by atoms with E-state index in [-0.39, 0.29) is 0 Å². The Hall–Kier alpha value is 0.790. The third-order valence-corrected chi connectivity index (χ3v) is 4.36. The minimum atomic E-state index is 0.941. The number of hydrogen-bond acceptors (Lipinski definition) is 2. The lowest BCUT2D eigenvalue weighted by molar-refractivity contribution is 0.196. The van der Waals surface area contributed by atoms with E-state index in [0.717, 1.165) is 5.92 Å².